The van der Waals surface area contributed by atoms with Crippen molar-refractivity contribution in [3.63, 3.8) is 0 Å². The fourth-order valence-electron chi connectivity index (χ4n) is 15.8. The Balaban J connectivity index is 0.859. The summed E-state index contributed by atoms with van der Waals surface area (Å²) in [6.45, 7) is 0. The maximum absolute atomic E-state index is 2.54. The summed E-state index contributed by atoms with van der Waals surface area (Å²) in [6, 6.07) is 141. The molecule has 0 saturated carbocycles. The highest BCUT2D eigenvalue weighted by atomic mass is 15.2. The Labute approximate surface area is 561 Å². The van der Waals surface area contributed by atoms with Crippen molar-refractivity contribution in [1.29, 1.82) is 0 Å². The molecule has 0 aromatic heterocycles. The predicted octanol–water partition coefficient (Wildman–Crippen LogP) is 24.7. The van der Waals surface area contributed by atoms with Gasteiger partial charge in [-0.1, -0.05) is 237 Å². The van der Waals surface area contributed by atoms with Crippen LogP contribution in [0.15, 0.2) is 382 Å². The van der Waals surface area contributed by atoms with Crippen molar-refractivity contribution in [2.75, 3.05) is 19.6 Å². The van der Waals surface area contributed by atoms with Crippen LogP contribution in [0.4, 0.5) is 68.2 Å². The van der Waals surface area contributed by atoms with Gasteiger partial charge in [-0.2, -0.15) is 0 Å². The minimum Gasteiger partial charge on any atom is -0.311 e. The van der Waals surface area contributed by atoms with Gasteiger partial charge in [0.15, 0.2) is 0 Å². The lowest BCUT2D eigenvalue weighted by molar-refractivity contribution is 0.704. The van der Waals surface area contributed by atoms with E-state index in [9.17, 15) is 0 Å². The van der Waals surface area contributed by atoms with Crippen LogP contribution in [-0.4, -0.2) is 0 Å². The third-order valence-corrected chi connectivity index (χ3v) is 19.9. The average molecular weight is 1230 g/mol. The molecule has 452 valence electrons. The zero-order chi connectivity index (χ0) is 63.5. The van der Waals surface area contributed by atoms with Crippen LogP contribution < -0.4 is 19.6 Å². The van der Waals surface area contributed by atoms with E-state index in [1.54, 1.807) is 0 Å². The molecule has 0 fully saturated rings. The van der Waals surface area contributed by atoms with Gasteiger partial charge in [0.25, 0.3) is 0 Å². The number of anilines is 12. The maximum atomic E-state index is 2.54. The standard InChI is InChI=1S/C92H64N4/c1-7-26-64(27-8-1)66-30-23-40-76(60-66)95(74-52-48-72(49-53-74)93(68-32-11-3-12-33-68)69-34-13-4-14-35-69)78-56-58-81-82-59-57-79(63-89(82)92(88(81)62-78)86-46-22-21-44-85(86)90-83-43-20-19-42-80(83)84-45-25-47-87(92)91(84)90)96(77-41-24-31-67(61-77)65-28-9-2-10-29-65)75-54-50-73(51-55-75)94(70-36-15-5-16-37-70)71-38-17-6-18-39-71/h1-63,90H. The molecule has 3 aliphatic carbocycles. The SMILES string of the molecule is c1ccc(-c2cccc(N(c3ccc(N(c4ccccc4)c4ccccc4)cc3)c3ccc4c(c3)C3(c5cc(N(c6ccc(N(c7ccccc7)c7ccccc7)cc6)c6cccc(-c7ccccc7)c6)ccc5-4)c4ccccc4C4c5ccccc5-c5cccc3c54)c2)cc1. The Kier molecular flexibility index (Phi) is 13.8. The van der Waals surface area contributed by atoms with E-state index in [4.69, 9.17) is 0 Å². The van der Waals surface area contributed by atoms with Crippen molar-refractivity contribution in [3.8, 4) is 44.5 Å². The van der Waals surface area contributed by atoms with Gasteiger partial charge < -0.3 is 19.6 Å². The molecular formula is C92H64N4. The van der Waals surface area contributed by atoms with E-state index >= 15 is 0 Å². The fourth-order valence-corrected chi connectivity index (χ4v) is 15.8. The van der Waals surface area contributed by atoms with Gasteiger partial charge in [0.2, 0.25) is 0 Å². The first-order chi connectivity index (χ1) is 47.6. The number of para-hydroxylation sites is 4. The zero-order valence-electron chi connectivity index (χ0n) is 52.7. The van der Waals surface area contributed by atoms with Crippen LogP contribution in [0.1, 0.15) is 44.9 Å². The molecule has 3 aliphatic rings. The molecule has 0 N–H and O–H groups in total. The van der Waals surface area contributed by atoms with E-state index in [2.05, 4.69) is 402 Å². The normalized spacial score (nSPS) is 13.2. The summed E-state index contributed by atoms with van der Waals surface area (Å²) < 4.78 is 0. The van der Waals surface area contributed by atoms with E-state index < -0.39 is 5.41 Å². The van der Waals surface area contributed by atoms with Crippen molar-refractivity contribution in [1.82, 2.24) is 0 Å². The number of benzene rings is 15. The van der Waals surface area contributed by atoms with Gasteiger partial charge in [-0.05, 0) is 229 Å². The number of nitrogens with zero attached hydrogens (tertiary/aromatic N) is 4. The Morgan fingerprint density at radius 2 is 0.469 bits per heavy atom. The Hall–Kier alpha value is -12.5. The third-order valence-electron chi connectivity index (χ3n) is 19.9. The van der Waals surface area contributed by atoms with Gasteiger partial charge in [-0.15, -0.1) is 0 Å². The summed E-state index contributed by atoms with van der Waals surface area (Å²) in [5.41, 5.74) is 31.0. The van der Waals surface area contributed by atoms with Crippen LogP contribution in [0.3, 0.4) is 0 Å². The second-order valence-corrected chi connectivity index (χ2v) is 25.1. The van der Waals surface area contributed by atoms with Crippen LogP contribution in [0, 0.1) is 0 Å². The third kappa shape index (κ3) is 9.36. The number of rotatable bonds is 14. The summed E-state index contributed by atoms with van der Waals surface area (Å²) in [6.07, 6.45) is 0. The predicted molar refractivity (Wildman–Crippen MR) is 400 cm³/mol. The van der Waals surface area contributed by atoms with E-state index in [0.717, 1.165) is 79.4 Å². The molecule has 1 unspecified atom stereocenters. The smallest absolute Gasteiger partial charge is 0.0721 e. The van der Waals surface area contributed by atoms with E-state index in [-0.39, 0.29) is 5.92 Å². The topological polar surface area (TPSA) is 13.0 Å². The molecule has 18 rings (SSSR count). The van der Waals surface area contributed by atoms with Gasteiger partial charge in [-0.25, -0.2) is 0 Å². The van der Waals surface area contributed by atoms with Crippen molar-refractivity contribution < 1.29 is 0 Å². The van der Waals surface area contributed by atoms with Gasteiger partial charge in [0, 0.05) is 74.2 Å². The van der Waals surface area contributed by atoms with Crippen LogP contribution >= 0.6 is 0 Å². The lowest BCUT2D eigenvalue weighted by Crippen LogP contribution is -2.35. The van der Waals surface area contributed by atoms with E-state index in [1.165, 1.54) is 72.3 Å². The number of hydrogen-bond acceptors (Lipinski definition) is 4. The molecule has 4 heteroatoms. The molecule has 15 aromatic carbocycles. The Morgan fingerprint density at radius 1 is 0.177 bits per heavy atom. The lowest BCUT2D eigenvalue weighted by Gasteiger charge is -2.43. The average Bonchev–Trinajstić information content (AvgIpc) is 1.48. The van der Waals surface area contributed by atoms with E-state index in [1.807, 2.05) is 0 Å². The number of fused-ring (bicyclic) bond motifs is 12. The second-order valence-electron chi connectivity index (χ2n) is 25.1. The molecule has 96 heavy (non-hydrogen) atoms. The highest BCUT2D eigenvalue weighted by Gasteiger charge is 2.54. The second kappa shape index (κ2) is 23.6. The molecule has 1 spiro atoms. The molecule has 0 bridgehead atoms. The van der Waals surface area contributed by atoms with Gasteiger partial charge in [-0.3, -0.25) is 0 Å². The van der Waals surface area contributed by atoms with Crippen LogP contribution in [0.5, 0.6) is 0 Å². The summed E-state index contributed by atoms with van der Waals surface area (Å²) in [7, 11) is 0. The van der Waals surface area contributed by atoms with Crippen molar-refractivity contribution in [3.05, 3.63) is 421 Å². The van der Waals surface area contributed by atoms with E-state index in [0.29, 0.717) is 0 Å². The zero-order valence-corrected chi connectivity index (χ0v) is 52.7. The molecular weight excluding hydrogens is 1160 g/mol. The minimum atomic E-state index is -0.766. The fraction of sp³-hybridized carbons (Fsp3) is 0.0217. The molecule has 0 radical (unpaired) electrons. The minimum absolute atomic E-state index is 0.0669. The van der Waals surface area contributed by atoms with Gasteiger partial charge >= 0.3 is 0 Å². The first-order valence-corrected chi connectivity index (χ1v) is 33.2. The quantitative estimate of drug-likeness (QED) is 0.108. The Morgan fingerprint density at radius 3 is 0.906 bits per heavy atom. The summed E-state index contributed by atoms with van der Waals surface area (Å²) in [5.74, 6) is 0.0669. The first kappa shape index (κ1) is 56.3. The van der Waals surface area contributed by atoms with Crippen molar-refractivity contribution >= 4 is 68.2 Å². The van der Waals surface area contributed by atoms with Crippen LogP contribution in [0.2, 0.25) is 0 Å². The molecule has 0 amide bonds. The molecule has 15 aromatic rings. The molecule has 0 heterocycles. The van der Waals surface area contributed by atoms with Crippen LogP contribution in [0.25, 0.3) is 44.5 Å². The van der Waals surface area contributed by atoms with Gasteiger partial charge in [0.05, 0.1) is 5.41 Å². The first-order valence-electron chi connectivity index (χ1n) is 33.2. The largest absolute Gasteiger partial charge is 0.311 e. The maximum Gasteiger partial charge on any atom is 0.0721 e. The Bertz CT molecular complexity index is 5010. The summed E-state index contributed by atoms with van der Waals surface area (Å²) >= 11 is 0. The molecule has 4 nitrogen and oxygen atoms in total. The van der Waals surface area contributed by atoms with Crippen molar-refractivity contribution in [2.45, 2.75) is 11.3 Å². The van der Waals surface area contributed by atoms with Crippen molar-refractivity contribution in [2.24, 2.45) is 0 Å². The summed E-state index contributed by atoms with van der Waals surface area (Å²) in [4.78, 5) is 9.61. The summed E-state index contributed by atoms with van der Waals surface area (Å²) in [5, 5.41) is 0. The molecule has 0 saturated heterocycles. The van der Waals surface area contributed by atoms with Crippen LogP contribution in [-0.2, 0) is 5.41 Å². The van der Waals surface area contributed by atoms with Gasteiger partial charge in [0.1, 0.15) is 0 Å². The monoisotopic (exact) mass is 1220 g/mol. The lowest BCUT2D eigenvalue weighted by atomic mass is 9.59. The highest BCUT2D eigenvalue weighted by molar-refractivity contribution is 5.97. The molecule has 1 atom stereocenters. The number of hydrogen-bond donors (Lipinski definition) is 0. The molecule has 0 aliphatic heterocycles. The highest BCUT2D eigenvalue weighted by Crippen LogP contribution is 2.66.